The number of aromatic nitrogens is 4. The summed E-state index contributed by atoms with van der Waals surface area (Å²) in [5.74, 6) is 0. The van der Waals surface area contributed by atoms with Gasteiger partial charge in [0.2, 0.25) is 0 Å². The molecule has 0 aliphatic rings. The zero-order chi connectivity index (χ0) is 19.7. The molecule has 2 aromatic rings. The first-order chi connectivity index (χ1) is 12.4. The van der Waals surface area contributed by atoms with Crippen LogP contribution in [0.2, 0.25) is 0 Å². The smallest absolute Gasteiger partial charge is 0.332 e. The van der Waals surface area contributed by atoms with Crippen molar-refractivity contribution in [3.05, 3.63) is 39.3 Å². The standard InChI is InChI=1S/C15H22N4O2.C2HN3/c1-5-6-7-11(8-10(2)3)19-14(20)12-13(17-9-16-12)18(4)15(19)21;3-1-5-2-4/h9,11H,2,5-8H2,1,3-4H3,(H,16,17);5H. The van der Waals surface area contributed by atoms with Gasteiger partial charge in [-0.3, -0.25) is 13.9 Å². The Bertz CT molecular complexity index is 941. The summed E-state index contributed by atoms with van der Waals surface area (Å²) < 4.78 is 2.77. The fourth-order valence-corrected chi connectivity index (χ4v) is 2.67. The maximum atomic E-state index is 12.6. The lowest BCUT2D eigenvalue weighted by Gasteiger charge is -2.19. The molecule has 0 saturated heterocycles. The number of aryl methyl sites for hydroxylation is 1. The third-order valence-electron chi connectivity index (χ3n) is 3.81. The predicted octanol–water partition coefficient (Wildman–Crippen LogP) is 1.66. The molecule has 0 amide bonds. The van der Waals surface area contributed by atoms with Crippen LogP contribution in [0.5, 0.6) is 0 Å². The number of allylic oxidation sites excluding steroid dienone is 1. The van der Waals surface area contributed by atoms with Crippen LogP contribution in [0, 0.1) is 22.9 Å². The summed E-state index contributed by atoms with van der Waals surface area (Å²) in [6, 6.07) is -0.152. The van der Waals surface area contributed by atoms with Crippen molar-refractivity contribution in [1.82, 2.24) is 24.4 Å². The number of hydrogen-bond donors (Lipinski definition) is 2. The fourth-order valence-electron chi connectivity index (χ4n) is 2.67. The molecule has 1 atom stereocenters. The van der Waals surface area contributed by atoms with Crippen molar-refractivity contribution in [2.75, 3.05) is 0 Å². The second kappa shape index (κ2) is 9.84. The highest BCUT2D eigenvalue weighted by atomic mass is 16.2. The van der Waals surface area contributed by atoms with Crippen LogP contribution in [0.25, 0.3) is 11.2 Å². The van der Waals surface area contributed by atoms with Gasteiger partial charge in [-0.25, -0.2) is 15.1 Å². The second-order valence-electron chi connectivity index (χ2n) is 5.92. The molecule has 138 valence electrons. The second-order valence-corrected chi connectivity index (χ2v) is 5.92. The number of aromatic amines is 1. The Balaban J connectivity index is 0.000000597. The summed E-state index contributed by atoms with van der Waals surface area (Å²) in [7, 11) is 1.64. The van der Waals surface area contributed by atoms with Gasteiger partial charge in [0.15, 0.2) is 18.0 Å². The number of H-pyrrole nitrogens is 1. The van der Waals surface area contributed by atoms with E-state index in [4.69, 9.17) is 10.5 Å². The molecule has 0 aromatic carbocycles. The Labute approximate surface area is 151 Å². The Morgan fingerprint density at radius 1 is 1.42 bits per heavy atom. The van der Waals surface area contributed by atoms with Crippen LogP contribution in [-0.4, -0.2) is 19.1 Å². The summed E-state index contributed by atoms with van der Waals surface area (Å²) in [6.45, 7) is 7.93. The summed E-state index contributed by atoms with van der Waals surface area (Å²) in [5, 5.41) is 16.7. The van der Waals surface area contributed by atoms with E-state index in [0.717, 1.165) is 24.8 Å². The molecule has 0 aliphatic carbocycles. The van der Waals surface area contributed by atoms with Crippen LogP contribution in [0.3, 0.4) is 0 Å². The maximum absolute atomic E-state index is 12.6. The molecule has 9 nitrogen and oxygen atoms in total. The van der Waals surface area contributed by atoms with Crippen LogP contribution >= 0.6 is 0 Å². The van der Waals surface area contributed by atoms with Gasteiger partial charge in [-0.2, -0.15) is 10.5 Å². The predicted molar refractivity (Wildman–Crippen MR) is 97.9 cm³/mol. The largest absolute Gasteiger partial charge is 0.339 e. The SMILES string of the molecule is C=C(C)CC(CCCC)n1c(=O)c2[nH]cnc2n(C)c1=O.N#CNC#N. The van der Waals surface area contributed by atoms with Crippen LogP contribution in [0.4, 0.5) is 0 Å². The number of unbranched alkanes of at least 4 members (excludes halogenated alkanes) is 1. The van der Waals surface area contributed by atoms with Crippen molar-refractivity contribution in [2.24, 2.45) is 7.05 Å². The van der Waals surface area contributed by atoms with Crippen molar-refractivity contribution < 1.29 is 0 Å². The van der Waals surface area contributed by atoms with E-state index in [-0.39, 0.29) is 17.3 Å². The first-order valence-electron chi connectivity index (χ1n) is 8.21. The summed E-state index contributed by atoms with van der Waals surface area (Å²) in [6.07, 6.45) is 7.66. The van der Waals surface area contributed by atoms with E-state index in [2.05, 4.69) is 23.5 Å². The minimum Gasteiger partial charge on any atom is -0.339 e. The third-order valence-corrected chi connectivity index (χ3v) is 3.81. The van der Waals surface area contributed by atoms with Gasteiger partial charge in [0, 0.05) is 13.1 Å². The number of nitriles is 2. The van der Waals surface area contributed by atoms with Gasteiger partial charge < -0.3 is 4.98 Å². The Morgan fingerprint density at radius 2 is 2.08 bits per heavy atom. The highest BCUT2D eigenvalue weighted by Crippen LogP contribution is 2.20. The number of fused-ring (bicyclic) bond motifs is 1. The minimum atomic E-state index is -0.318. The van der Waals surface area contributed by atoms with Gasteiger partial charge in [-0.05, 0) is 19.8 Å². The molecule has 2 heterocycles. The first-order valence-corrected chi connectivity index (χ1v) is 8.21. The lowest BCUT2D eigenvalue weighted by atomic mass is 10.0. The van der Waals surface area contributed by atoms with Gasteiger partial charge >= 0.3 is 5.69 Å². The number of imidazole rings is 1. The summed E-state index contributed by atoms with van der Waals surface area (Å²) in [5.41, 5.74) is 1.12. The molecule has 0 fully saturated rings. The average molecular weight is 357 g/mol. The zero-order valence-corrected chi connectivity index (χ0v) is 15.2. The molecular weight excluding hydrogens is 334 g/mol. The number of rotatable bonds is 6. The third kappa shape index (κ3) is 4.84. The molecule has 0 bridgehead atoms. The van der Waals surface area contributed by atoms with E-state index in [9.17, 15) is 9.59 Å². The molecule has 0 radical (unpaired) electrons. The first kappa shape index (κ1) is 20.7. The van der Waals surface area contributed by atoms with Gasteiger partial charge in [-0.15, -0.1) is 6.58 Å². The van der Waals surface area contributed by atoms with E-state index >= 15 is 0 Å². The van der Waals surface area contributed by atoms with Crippen LogP contribution in [0.15, 0.2) is 28.1 Å². The normalized spacial score (nSPS) is 11.0. The van der Waals surface area contributed by atoms with Crippen molar-refractivity contribution in [1.29, 1.82) is 10.5 Å². The zero-order valence-electron chi connectivity index (χ0n) is 15.2. The molecule has 0 saturated carbocycles. The van der Waals surface area contributed by atoms with Gasteiger partial charge in [-0.1, -0.05) is 25.3 Å². The maximum Gasteiger partial charge on any atom is 0.332 e. The van der Waals surface area contributed by atoms with Gasteiger partial charge in [0.05, 0.1) is 6.33 Å². The van der Waals surface area contributed by atoms with Crippen molar-refractivity contribution in [3.8, 4) is 12.4 Å². The molecule has 2 N–H and O–H groups in total. The fraction of sp³-hybridized carbons (Fsp3) is 0.471. The van der Waals surface area contributed by atoms with Crippen LogP contribution in [-0.2, 0) is 7.05 Å². The van der Waals surface area contributed by atoms with E-state index in [1.165, 1.54) is 27.8 Å². The lowest BCUT2D eigenvalue weighted by molar-refractivity contribution is 0.413. The van der Waals surface area contributed by atoms with Crippen molar-refractivity contribution in [2.45, 2.75) is 45.6 Å². The molecule has 1 unspecified atom stereocenters. The average Bonchev–Trinajstić information content (AvgIpc) is 3.09. The highest BCUT2D eigenvalue weighted by molar-refractivity contribution is 5.68. The molecule has 26 heavy (non-hydrogen) atoms. The Kier molecular flexibility index (Phi) is 7.84. The minimum absolute atomic E-state index is 0.152. The molecule has 0 spiro atoms. The van der Waals surface area contributed by atoms with Crippen molar-refractivity contribution in [3.63, 3.8) is 0 Å². The number of nitrogens with zero attached hydrogens (tertiary/aromatic N) is 5. The van der Waals surface area contributed by atoms with Crippen LogP contribution in [0.1, 0.15) is 45.6 Å². The number of hydrogen-bond acceptors (Lipinski definition) is 6. The Hall–Kier alpha value is -3.33. The topological polar surface area (TPSA) is 132 Å². The van der Waals surface area contributed by atoms with E-state index in [0.29, 0.717) is 17.6 Å². The van der Waals surface area contributed by atoms with E-state index in [1.807, 2.05) is 6.92 Å². The molecule has 2 rings (SSSR count). The molecule has 2 aromatic heterocycles. The highest BCUT2D eigenvalue weighted by Gasteiger charge is 2.20. The molecule has 0 aliphatic heterocycles. The van der Waals surface area contributed by atoms with Gasteiger partial charge in [0.25, 0.3) is 5.56 Å². The van der Waals surface area contributed by atoms with Crippen LogP contribution < -0.4 is 16.6 Å². The lowest BCUT2D eigenvalue weighted by Crippen LogP contribution is -2.41. The Morgan fingerprint density at radius 3 is 2.58 bits per heavy atom. The van der Waals surface area contributed by atoms with E-state index < -0.39 is 0 Å². The molecule has 9 heteroatoms. The van der Waals surface area contributed by atoms with Crippen molar-refractivity contribution >= 4 is 11.2 Å². The van der Waals surface area contributed by atoms with E-state index in [1.54, 1.807) is 12.4 Å². The summed E-state index contributed by atoms with van der Waals surface area (Å²) in [4.78, 5) is 32.0. The monoisotopic (exact) mass is 357 g/mol. The molecular formula is C17H23N7O2. The van der Waals surface area contributed by atoms with Gasteiger partial charge in [0.1, 0.15) is 5.52 Å². The number of nitrogens with one attached hydrogen (secondary N) is 2. The summed E-state index contributed by atoms with van der Waals surface area (Å²) >= 11 is 0. The quantitative estimate of drug-likeness (QED) is 0.459.